The number of amidine groups is 1. The van der Waals surface area contributed by atoms with E-state index in [-0.39, 0.29) is 21.6 Å². The fraction of sp³-hybridized carbons (Fsp3) is 0. The van der Waals surface area contributed by atoms with E-state index < -0.39 is 5.56 Å². The summed E-state index contributed by atoms with van der Waals surface area (Å²) in [5.74, 6) is -0.338. The summed E-state index contributed by atoms with van der Waals surface area (Å²) in [6, 6.07) is 1.26. The highest BCUT2D eigenvalue weighted by molar-refractivity contribution is 6.41. The highest BCUT2D eigenvalue weighted by Gasteiger charge is 2.06. The number of hydrogen-bond acceptors (Lipinski definition) is 2. The average molecular weight is 206 g/mol. The van der Waals surface area contributed by atoms with Crippen molar-refractivity contribution in [2.24, 2.45) is 5.73 Å². The van der Waals surface area contributed by atoms with Crippen LogP contribution in [0, 0.1) is 5.41 Å². The van der Waals surface area contributed by atoms with E-state index in [1.54, 1.807) is 0 Å². The van der Waals surface area contributed by atoms with Crippen LogP contribution >= 0.6 is 23.2 Å². The maximum atomic E-state index is 11.0. The summed E-state index contributed by atoms with van der Waals surface area (Å²) in [6.45, 7) is 0. The molecule has 0 atom stereocenters. The average Bonchev–Trinajstić information content (AvgIpc) is 1.96. The van der Waals surface area contributed by atoms with Gasteiger partial charge in [0.15, 0.2) is 0 Å². The molecule has 1 aromatic rings. The molecule has 4 nitrogen and oxygen atoms in total. The molecule has 4 N–H and O–H groups in total. The molecule has 0 saturated heterocycles. The van der Waals surface area contributed by atoms with Crippen molar-refractivity contribution in [3.05, 3.63) is 32.2 Å². The first-order valence-corrected chi connectivity index (χ1v) is 3.70. The van der Waals surface area contributed by atoms with Crippen LogP contribution in [0.3, 0.4) is 0 Å². The van der Waals surface area contributed by atoms with Gasteiger partial charge < -0.3 is 10.7 Å². The summed E-state index contributed by atoms with van der Waals surface area (Å²) in [7, 11) is 0. The molecule has 0 spiro atoms. The fourth-order valence-corrected chi connectivity index (χ4v) is 0.979. The largest absolute Gasteiger partial charge is 0.384 e. The first kappa shape index (κ1) is 9.09. The first-order valence-electron chi connectivity index (χ1n) is 2.95. The number of nitrogens with one attached hydrogen (secondary N) is 2. The third kappa shape index (κ3) is 1.60. The van der Waals surface area contributed by atoms with E-state index in [2.05, 4.69) is 4.98 Å². The number of hydrogen-bond donors (Lipinski definition) is 3. The number of nitrogen functional groups attached to an aromatic ring is 1. The monoisotopic (exact) mass is 205 g/mol. The van der Waals surface area contributed by atoms with Crippen molar-refractivity contribution in [1.29, 1.82) is 5.41 Å². The van der Waals surface area contributed by atoms with Crippen LogP contribution in [0.25, 0.3) is 0 Å². The smallest absolute Gasteiger partial charge is 0.260 e. The van der Waals surface area contributed by atoms with Gasteiger partial charge in [-0.05, 0) is 6.07 Å². The van der Waals surface area contributed by atoms with Gasteiger partial charge in [-0.1, -0.05) is 23.2 Å². The van der Waals surface area contributed by atoms with Crippen molar-refractivity contribution in [3.63, 3.8) is 0 Å². The molecule has 1 aromatic heterocycles. The zero-order valence-electron chi connectivity index (χ0n) is 5.82. The van der Waals surface area contributed by atoms with Crippen LogP contribution in [0.1, 0.15) is 5.56 Å². The van der Waals surface area contributed by atoms with Crippen molar-refractivity contribution in [3.8, 4) is 0 Å². The lowest BCUT2D eigenvalue weighted by Gasteiger charge is -1.98. The van der Waals surface area contributed by atoms with Gasteiger partial charge in [0.05, 0.1) is 10.6 Å². The Bertz CT molecular complexity index is 385. The number of aromatic amines is 1. The topological polar surface area (TPSA) is 82.7 Å². The molecule has 0 bridgehead atoms. The molecule has 6 heteroatoms. The molecule has 0 aliphatic carbocycles. The Balaban J connectivity index is 3.43. The van der Waals surface area contributed by atoms with Crippen LogP contribution in [0.2, 0.25) is 10.2 Å². The normalized spacial score (nSPS) is 9.83. The minimum Gasteiger partial charge on any atom is -0.384 e. The molecule has 0 radical (unpaired) electrons. The van der Waals surface area contributed by atoms with Gasteiger partial charge in [0.2, 0.25) is 0 Å². The lowest BCUT2D eigenvalue weighted by molar-refractivity contribution is 1.21. The second-order valence-corrected chi connectivity index (χ2v) is 2.87. The van der Waals surface area contributed by atoms with Crippen LogP contribution in [0.4, 0.5) is 0 Å². The molecule has 0 fully saturated rings. The van der Waals surface area contributed by atoms with Crippen LogP contribution in [-0.2, 0) is 0 Å². The second-order valence-electron chi connectivity index (χ2n) is 2.09. The van der Waals surface area contributed by atoms with Crippen LogP contribution in [-0.4, -0.2) is 10.8 Å². The molecule has 0 saturated carbocycles. The van der Waals surface area contributed by atoms with E-state index in [0.717, 1.165) is 0 Å². The maximum absolute atomic E-state index is 11.0. The van der Waals surface area contributed by atoms with Gasteiger partial charge >= 0.3 is 0 Å². The maximum Gasteiger partial charge on any atom is 0.260 e. The molecule has 64 valence electrons. The molecule has 1 rings (SSSR count). The second kappa shape index (κ2) is 3.16. The molecule has 0 aromatic carbocycles. The molecular formula is C6H5Cl2N3O. The predicted molar refractivity (Wildman–Crippen MR) is 48.1 cm³/mol. The first-order chi connectivity index (χ1) is 5.52. The Labute approximate surface area is 77.8 Å². The fourth-order valence-electron chi connectivity index (χ4n) is 0.682. The van der Waals surface area contributed by atoms with E-state index in [1.165, 1.54) is 6.07 Å². The number of rotatable bonds is 1. The molecule has 0 aliphatic rings. The number of halogens is 2. The Morgan fingerprint density at radius 3 is 2.67 bits per heavy atom. The van der Waals surface area contributed by atoms with E-state index in [1.807, 2.05) is 0 Å². The van der Waals surface area contributed by atoms with Crippen molar-refractivity contribution in [2.75, 3.05) is 0 Å². The van der Waals surface area contributed by atoms with Gasteiger partial charge in [0.1, 0.15) is 11.0 Å². The van der Waals surface area contributed by atoms with Gasteiger partial charge in [-0.25, -0.2) is 0 Å². The van der Waals surface area contributed by atoms with E-state index in [4.69, 9.17) is 34.3 Å². The Kier molecular flexibility index (Phi) is 2.40. The molecule has 0 amide bonds. The van der Waals surface area contributed by atoms with Gasteiger partial charge in [-0.2, -0.15) is 0 Å². The van der Waals surface area contributed by atoms with E-state index in [9.17, 15) is 4.79 Å². The Hall–Kier alpha value is -1.00. The summed E-state index contributed by atoms with van der Waals surface area (Å²) in [4.78, 5) is 13.3. The molecule has 0 aliphatic heterocycles. The summed E-state index contributed by atoms with van der Waals surface area (Å²) in [5.41, 5.74) is 4.60. The van der Waals surface area contributed by atoms with Crippen molar-refractivity contribution < 1.29 is 0 Å². The SMILES string of the molecule is N=C(N)c1cc(Cl)c(Cl)[nH]c1=O. The summed E-state index contributed by atoms with van der Waals surface area (Å²) in [5, 5.41) is 7.22. The van der Waals surface area contributed by atoms with Crippen molar-refractivity contribution in [1.82, 2.24) is 4.98 Å². The summed E-state index contributed by atoms with van der Waals surface area (Å²) < 4.78 is 0. The summed E-state index contributed by atoms with van der Waals surface area (Å²) >= 11 is 11.1. The number of aromatic nitrogens is 1. The van der Waals surface area contributed by atoms with Gasteiger partial charge in [0, 0.05) is 0 Å². The molecule has 0 unspecified atom stereocenters. The van der Waals surface area contributed by atoms with Gasteiger partial charge in [-0.15, -0.1) is 0 Å². The Morgan fingerprint density at radius 2 is 2.17 bits per heavy atom. The molecule has 12 heavy (non-hydrogen) atoms. The lowest BCUT2D eigenvalue weighted by atomic mass is 10.2. The highest BCUT2D eigenvalue weighted by atomic mass is 35.5. The van der Waals surface area contributed by atoms with Crippen LogP contribution < -0.4 is 11.3 Å². The van der Waals surface area contributed by atoms with E-state index in [0.29, 0.717) is 0 Å². The quantitative estimate of drug-likeness (QED) is 0.363. The zero-order chi connectivity index (χ0) is 9.30. The standard InChI is InChI=1S/C6H5Cl2N3O/c7-3-1-2(5(9)10)6(12)11-4(3)8/h1H,(H3,9,10)(H,11,12). The van der Waals surface area contributed by atoms with Crippen LogP contribution in [0.15, 0.2) is 10.9 Å². The Morgan fingerprint density at radius 1 is 1.58 bits per heavy atom. The predicted octanol–water partition coefficient (Wildman–Crippen LogP) is 0.966. The van der Waals surface area contributed by atoms with Crippen LogP contribution in [0.5, 0.6) is 0 Å². The third-order valence-electron chi connectivity index (χ3n) is 1.24. The van der Waals surface area contributed by atoms with E-state index >= 15 is 0 Å². The molecular weight excluding hydrogens is 201 g/mol. The number of pyridine rings is 1. The van der Waals surface area contributed by atoms with Crippen molar-refractivity contribution in [2.45, 2.75) is 0 Å². The highest BCUT2D eigenvalue weighted by Crippen LogP contribution is 2.17. The number of H-pyrrole nitrogens is 1. The van der Waals surface area contributed by atoms with Crippen molar-refractivity contribution >= 4 is 29.0 Å². The van der Waals surface area contributed by atoms with Gasteiger partial charge in [0.25, 0.3) is 5.56 Å². The number of nitrogens with two attached hydrogens (primary N) is 1. The summed E-state index contributed by atoms with van der Waals surface area (Å²) in [6.07, 6.45) is 0. The third-order valence-corrected chi connectivity index (χ3v) is 1.93. The lowest BCUT2D eigenvalue weighted by Crippen LogP contribution is -2.23. The molecule has 1 heterocycles. The minimum atomic E-state index is -0.517. The van der Waals surface area contributed by atoms with Gasteiger partial charge in [-0.3, -0.25) is 10.2 Å². The minimum absolute atomic E-state index is 0.0180. The zero-order valence-corrected chi connectivity index (χ0v) is 7.33.